The number of carbonyl (C=O) groups excluding carboxylic acids is 1. The summed E-state index contributed by atoms with van der Waals surface area (Å²) in [6.07, 6.45) is 7.37. The van der Waals surface area contributed by atoms with Crippen molar-refractivity contribution in [3.63, 3.8) is 0 Å². The Labute approximate surface area is 118 Å². The van der Waals surface area contributed by atoms with E-state index in [1.807, 2.05) is 13.8 Å². The molecule has 0 amide bonds. The first-order valence-corrected chi connectivity index (χ1v) is 7.69. The van der Waals surface area contributed by atoms with Gasteiger partial charge >= 0.3 is 0 Å². The maximum absolute atomic E-state index is 12.1. The molecule has 0 bridgehead atoms. The van der Waals surface area contributed by atoms with Crippen LogP contribution in [0.2, 0.25) is 0 Å². The third-order valence-electron chi connectivity index (χ3n) is 4.99. The van der Waals surface area contributed by atoms with E-state index >= 15 is 0 Å². The van der Waals surface area contributed by atoms with Crippen molar-refractivity contribution in [2.24, 2.45) is 16.7 Å². The van der Waals surface area contributed by atoms with E-state index in [2.05, 4.69) is 20.8 Å². The van der Waals surface area contributed by atoms with E-state index < -0.39 is 0 Å². The van der Waals surface area contributed by atoms with Gasteiger partial charge in [0.1, 0.15) is 5.76 Å². The third kappa shape index (κ3) is 4.09. The maximum atomic E-state index is 12.1. The molecule has 2 nitrogen and oxygen atoms in total. The minimum absolute atomic E-state index is 0.0609. The number of hydrogen-bond donors (Lipinski definition) is 1. The highest BCUT2D eigenvalue weighted by Gasteiger charge is 2.38. The zero-order valence-corrected chi connectivity index (χ0v) is 13.3. The highest BCUT2D eigenvalue weighted by molar-refractivity contribution is 5.92. The van der Waals surface area contributed by atoms with E-state index in [0.717, 1.165) is 38.5 Å². The number of carbonyl (C=O) groups is 1. The van der Waals surface area contributed by atoms with Crippen LogP contribution in [0.5, 0.6) is 0 Å². The minimum atomic E-state index is -0.197. The Hall–Kier alpha value is -0.790. The van der Waals surface area contributed by atoms with Crippen LogP contribution in [-0.2, 0) is 4.79 Å². The van der Waals surface area contributed by atoms with Gasteiger partial charge in [0, 0.05) is 17.4 Å². The zero-order valence-electron chi connectivity index (χ0n) is 13.3. The zero-order chi connectivity index (χ0) is 14.7. The van der Waals surface area contributed by atoms with Gasteiger partial charge in [-0.25, -0.2) is 0 Å². The summed E-state index contributed by atoms with van der Waals surface area (Å²) >= 11 is 0. The van der Waals surface area contributed by atoms with Crippen LogP contribution in [0.25, 0.3) is 0 Å². The summed E-state index contributed by atoms with van der Waals surface area (Å²) in [5.41, 5.74) is 0.177. The first-order chi connectivity index (χ1) is 8.74. The molecule has 19 heavy (non-hydrogen) atoms. The van der Waals surface area contributed by atoms with Crippen LogP contribution in [0.4, 0.5) is 0 Å². The predicted molar refractivity (Wildman–Crippen MR) is 80.1 cm³/mol. The van der Waals surface area contributed by atoms with Crippen LogP contribution in [0.15, 0.2) is 11.8 Å². The molecule has 1 aliphatic carbocycles. The topological polar surface area (TPSA) is 37.3 Å². The van der Waals surface area contributed by atoms with E-state index in [1.165, 1.54) is 6.08 Å². The average Bonchev–Trinajstić information content (AvgIpc) is 2.35. The molecule has 0 unspecified atom stereocenters. The largest absolute Gasteiger partial charge is 0.512 e. The monoisotopic (exact) mass is 266 g/mol. The summed E-state index contributed by atoms with van der Waals surface area (Å²) < 4.78 is 0. The van der Waals surface area contributed by atoms with Crippen LogP contribution < -0.4 is 0 Å². The van der Waals surface area contributed by atoms with Crippen molar-refractivity contribution >= 4 is 5.78 Å². The summed E-state index contributed by atoms with van der Waals surface area (Å²) in [5.74, 6) is 0.458. The van der Waals surface area contributed by atoms with Gasteiger partial charge < -0.3 is 5.11 Å². The van der Waals surface area contributed by atoms with Gasteiger partial charge in [-0.1, -0.05) is 34.6 Å². The second-order valence-electron chi connectivity index (χ2n) is 7.17. The molecule has 1 fully saturated rings. The van der Waals surface area contributed by atoms with Gasteiger partial charge in [-0.3, -0.25) is 4.79 Å². The second kappa shape index (κ2) is 6.11. The van der Waals surface area contributed by atoms with Gasteiger partial charge in [0.15, 0.2) is 5.78 Å². The van der Waals surface area contributed by atoms with E-state index in [4.69, 9.17) is 0 Å². The molecule has 1 rings (SSSR count). The van der Waals surface area contributed by atoms with Crippen LogP contribution in [0, 0.1) is 16.7 Å². The Morgan fingerprint density at radius 1 is 1.11 bits per heavy atom. The standard InChI is InChI=1S/C17H30O2/c1-6-13(7-2)14(18)12-15(19)17(5)10-8-16(3,4)9-11-17/h12-13,19H,6-11H2,1-5H3. The molecule has 0 spiro atoms. The first-order valence-electron chi connectivity index (χ1n) is 7.69. The highest BCUT2D eigenvalue weighted by Crippen LogP contribution is 2.47. The molecule has 1 aliphatic rings. The number of ketones is 1. The fourth-order valence-electron chi connectivity index (χ4n) is 2.85. The summed E-state index contributed by atoms with van der Waals surface area (Å²) in [6.45, 7) is 10.7. The predicted octanol–water partition coefficient (Wildman–Crippen LogP) is 5.04. The first kappa shape index (κ1) is 16.3. The summed E-state index contributed by atoms with van der Waals surface area (Å²) in [6, 6.07) is 0. The van der Waals surface area contributed by atoms with E-state index in [-0.39, 0.29) is 17.1 Å². The second-order valence-corrected chi connectivity index (χ2v) is 7.17. The summed E-state index contributed by atoms with van der Waals surface area (Å²) in [5, 5.41) is 10.4. The molecular weight excluding hydrogens is 236 g/mol. The smallest absolute Gasteiger partial charge is 0.162 e. The van der Waals surface area contributed by atoms with Crippen LogP contribution >= 0.6 is 0 Å². The Bertz CT molecular complexity index is 338. The maximum Gasteiger partial charge on any atom is 0.162 e. The molecule has 1 saturated carbocycles. The summed E-state index contributed by atoms with van der Waals surface area (Å²) in [7, 11) is 0. The van der Waals surface area contributed by atoms with Crippen molar-refractivity contribution in [1.29, 1.82) is 0 Å². The fraction of sp³-hybridized carbons (Fsp3) is 0.824. The van der Waals surface area contributed by atoms with Crippen molar-refractivity contribution in [2.75, 3.05) is 0 Å². The number of aliphatic hydroxyl groups excluding tert-OH is 1. The molecule has 110 valence electrons. The van der Waals surface area contributed by atoms with Crippen LogP contribution in [0.3, 0.4) is 0 Å². The van der Waals surface area contributed by atoms with Crippen molar-refractivity contribution in [3.05, 3.63) is 11.8 Å². The van der Waals surface area contributed by atoms with Gasteiger partial charge in [-0.05, 0) is 43.9 Å². The molecule has 0 saturated heterocycles. The lowest BCUT2D eigenvalue weighted by Gasteiger charge is -2.41. The molecule has 2 heteroatoms. The normalized spacial score (nSPS) is 22.5. The number of allylic oxidation sites excluding steroid dienone is 2. The minimum Gasteiger partial charge on any atom is -0.512 e. The molecule has 0 aromatic rings. The lowest BCUT2D eigenvalue weighted by molar-refractivity contribution is -0.118. The van der Waals surface area contributed by atoms with Gasteiger partial charge in [0.2, 0.25) is 0 Å². The lowest BCUT2D eigenvalue weighted by Crippen LogP contribution is -2.31. The van der Waals surface area contributed by atoms with Gasteiger partial charge in [-0.2, -0.15) is 0 Å². The number of rotatable bonds is 5. The van der Waals surface area contributed by atoms with Gasteiger partial charge in [-0.15, -0.1) is 0 Å². The van der Waals surface area contributed by atoms with E-state index in [1.54, 1.807) is 0 Å². The quantitative estimate of drug-likeness (QED) is 0.559. The van der Waals surface area contributed by atoms with Crippen LogP contribution in [0.1, 0.15) is 73.1 Å². The third-order valence-corrected chi connectivity index (χ3v) is 4.99. The van der Waals surface area contributed by atoms with Gasteiger partial charge in [0.25, 0.3) is 0 Å². The molecule has 0 aromatic heterocycles. The van der Waals surface area contributed by atoms with E-state index in [9.17, 15) is 9.90 Å². The van der Waals surface area contributed by atoms with Crippen molar-refractivity contribution in [1.82, 2.24) is 0 Å². The molecule has 1 N–H and O–H groups in total. The Balaban J connectivity index is 2.76. The molecule has 0 aliphatic heterocycles. The van der Waals surface area contributed by atoms with Crippen LogP contribution in [-0.4, -0.2) is 10.9 Å². The SMILES string of the molecule is CCC(CC)C(=O)C=C(O)C1(C)CCC(C)(C)CC1. The number of aliphatic hydroxyl groups is 1. The lowest BCUT2D eigenvalue weighted by atomic mass is 9.65. The molecule has 0 aromatic carbocycles. The highest BCUT2D eigenvalue weighted by atomic mass is 16.3. The Morgan fingerprint density at radius 2 is 1.58 bits per heavy atom. The van der Waals surface area contributed by atoms with Crippen molar-refractivity contribution in [3.8, 4) is 0 Å². The summed E-state index contributed by atoms with van der Waals surface area (Å²) in [4.78, 5) is 12.1. The van der Waals surface area contributed by atoms with E-state index in [0.29, 0.717) is 11.2 Å². The molecule has 0 atom stereocenters. The Kier molecular flexibility index (Phi) is 5.23. The molecular formula is C17H30O2. The van der Waals surface area contributed by atoms with Gasteiger partial charge in [0.05, 0.1) is 0 Å². The molecule has 0 radical (unpaired) electrons. The fourth-order valence-corrected chi connectivity index (χ4v) is 2.85. The number of hydrogen-bond acceptors (Lipinski definition) is 2. The Morgan fingerprint density at radius 3 is 2.00 bits per heavy atom. The average molecular weight is 266 g/mol. The molecule has 0 heterocycles. The van der Waals surface area contributed by atoms with Crippen molar-refractivity contribution < 1.29 is 9.90 Å². The van der Waals surface area contributed by atoms with Crippen molar-refractivity contribution in [2.45, 2.75) is 73.1 Å².